The Labute approximate surface area is 98.4 Å². The Morgan fingerprint density at radius 2 is 2.06 bits per heavy atom. The minimum absolute atomic E-state index is 0.0658. The van der Waals surface area contributed by atoms with Gasteiger partial charge in [-0.15, -0.1) is 0 Å². The van der Waals surface area contributed by atoms with Crippen LogP contribution in [0.2, 0.25) is 0 Å². The largest absolute Gasteiger partial charge is 0.466 e. The van der Waals surface area contributed by atoms with Gasteiger partial charge in [0.15, 0.2) is 0 Å². The van der Waals surface area contributed by atoms with Gasteiger partial charge in [-0.25, -0.2) is 0 Å². The van der Waals surface area contributed by atoms with Crippen molar-refractivity contribution in [3.05, 3.63) is 0 Å². The molecule has 0 aliphatic carbocycles. The van der Waals surface area contributed by atoms with Gasteiger partial charge in [0, 0.05) is 6.54 Å². The molecular formula is C12H25NO3. The van der Waals surface area contributed by atoms with Crippen molar-refractivity contribution < 1.29 is 14.6 Å². The number of aliphatic hydroxyl groups excluding tert-OH is 1. The Kier molecular flexibility index (Phi) is 7.34. The van der Waals surface area contributed by atoms with Gasteiger partial charge in [0.05, 0.1) is 19.1 Å². The Balaban J connectivity index is 3.51. The van der Waals surface area contributed by atoms with E-state index >= 15 is 0 Å². The minimum Gasteiger partial charge on any atom is -0.466 e. The molecule has 0 amide bonds. The van der Waals surface area contributed by atoms with Gasteiger partial charge in [0.25, 0.3) is 0 Å². The lowest BCUT2D eigenvalue weighted by Gasteiger charge is -2.19. The molecule has 0 aliphatic rings. The smallest absolute Gasteiger partial charge is 0.308 e. The van der Waals surface area contributed by atoms with Gasteiger partial charge >= 0.3 is 5.97 Å². The number of hydrogen-bond acceptors (Lipinski definition) is 4. The molecule has 0 aliphatic heterocycles. The molecule has 1 atom stereocenters. The molecule has 0 rings (SSSR count). The van der Waals surface area contributed by atoms with Crippen LogP contribution >= 0.6 is 0 Å². The maximum atomic E-state index is 11.0. The van der Waals surface area contributed by atoms with Gasteiger partial charge in [-0.1, -0.05) is 20.8 Å². The summed E-state index contributed by atoms with van der Waals surface area (Å²) in [5.41, 5.74) is 0.291. The predicted molar refractivity (Wildman–Crippen MR) is 64.2 cm³/mol. The first-order valence-corrected chi connectivity index (χ1v) is 5.89. The lowest BCUT2D eigenvalue weighted by molar-refractivity contribution is -0.145. The van der Waals surface area contributed by atoms with Gasteiger partial charge in [0.1, 0.15) is 0 Å². The van der Waals surface area contributed by atoms with Crippen LogP contribution in [0.3, 0.4) is 0 Å². The van der Waals surface area contributed by atoms with Crippen molar-refractivity contribution in [2.45, 2.75) is 46.6 Å². The molecule has 2 N–H and O–H groups in total. The molecule has 0 aromatic heterocycles. The van der Waals surface area contributed by atoms with Crippen molar-refractivity contribution in [3.63, 3.8) is 0 Å². The first kappa shape index (κ1) is 15.4. The summed E-state index contributed by atoms with van der Waals surface area (Å²) >= 11 is 0. The van der Waals surface area contributed by atoms with Crippen LogP contribution in [-0.2, 0) is 9.53 Å². The summed E-state index contributed by atoms with van der Waals surface area (Å²) in [4.78, 5) is 11.0. The zero-order valence-electron chi connectivity index (χ0n) is 10.9. The van der Waals surface area contributed by atoms with E-state index in [1.165, 1.54) is 0 Å². The summed E-state index contributed by atoms with van der Waals surface area (Å²) in [6, 6.07) is 0. The summed E-state index contributed by atoms with van der Waals surface area (Å²) in [5.74, 6) is -0.340. The Hall–Kier alpha value is -0.610. The molecule has 0 aromatic rings. The maximum Gasteiger partial charge on any atom is 0.308 e. The van der Waals surface area contributed by atoms with E-state index in [0.717, 1.165) is 13.0 Å². The molecule has 0 bridgehead atoms. The van der Waals surface area contributed by atoms with Gasteiger partial charge in [-0.05, 0) is 25.3 Å². The highest BCUT2D eigenvalue weighted by molar-refractivity contribution is 5.69. The maximum absolute atomic E-state index is 11.0. The SMILES string of the molecule is CCOC(=O)CC(O)CNCCC(C)(C)C. The number of nitrogens with one attached hydrogen (secondary N) is 1. The number of ether oxygens (including phenoxy) is 1. The van der Waals surface area contributed by atoms with Crippen molar-refractivity contribution in [3.8, 4) is 0 Å². The van der Waals surface area contributed by atoms with Crippen LogP contribution in [0.4, 0.5) is 0 Å². The number of esters is 1. The fourth-order valence-corrected chi connectivity index (χ4v) is 1.22. The van der Waals surface area contributed by atoms with Crippen LogP contribution in [0.25, 0.3) is 0 Å². The third kappa shape index (κ3) is 9.93. The topological polar surface area (TPSA) is 58.6 Å². The van der Waals surface area contributed by atoms with Gasteiger partial charge in [-0.2, -0.15) is 0 Å². The Morgan fingerprint density at radius 1 is 1.44 bits per heavy atom. The van der Waals surface area contributed by atoms with E-state index in [1.807, 2.05) is 0 Å². The molecule has 0 radical (unpaired) electrons. The van der Waals surface area contributed by atoms with Crippen LogP contribution in [0.15, 0.2) is 0 Å². The van der Waals surface area contributed by atoms with E-state index < -0.39 is 6.10 Å². The molecule has 0 heterocycles. The third-order valence-electron chi connectivity index (χ3n) is 2.14. The third-order valence-corrected chi connectivity index (χ3v) is 2.14. The number of aliphatic hydroxyl groups is 1. The molecule has 0 aromatic carbocycles. The van der Waals surface area contributed by atoms with Gasteiger partial charge in [-0.3, -0.25) is 4.79 Å². The van der Waals surface area contributed by atoms with Crippen LogP contribution in [0.5, 0.6) is 0 Å². The highest BCUT2D eigenvalue weighted by Crippen LogP contribution is 2.16. The van der Waals surface area contributed by atoms with Gasteiger partial charge in [0.2, 0.25) is 0 Å². The number of carbonyl (C=O) groups is 1. The second-order valence-electron chi connectivity index (χ2n) is 5.18. The van der Waals surface area contributed by atoms with E-state index in [0.29, 0.717) is 18.6 Å². The first-order valence-electron chi connectivity index (χ1n) is 5.89. The van der Waals surface area contributed by atoms with E-state index in [-0.39, 0.29) is 12.4 Å². The van der Waals surface area contributed by atoms with E-state index in [4.69, 9.17) is 4.74 Å². The van der Waals surface area contributed by atoms with E-state index in [1.54, 1.807) is 6.92 Å². The van der Waals surface area contributed by atoms with Crippen molar-refractivity contribution >= 4 is 5.97 Å². The highest BCUT2D eigenvalue weighted by Gasteiger charge is 2.12. The van der Waals surface area contributed by atoms with Crippen LogP contribution in [0.1, 0.15) is 40.5 Å². The zero-order chi connectivity index (χ0) is 12.6. The summed E-state index contributed by atoms with van der Waals surface area (Å²) in [6.45, 7) is 9.92. The average Bonchev–Trinajstić information content (AvgIpc) is 2.11. The lowest BCUT2D eigenvalue weighted by atomic mass is 9.92. The summed E-state index contributed by atoms with van der Waals surface area (Å²) in [7, 11) is 0. The fourth-order valence-electron chi connectivity index (χ4n) is 1.22. The van der Waals surface area contributed by atoms with Crippen molar-refractivity contribution in [2.24, 2.45) is 5.41 Å². The van der Waals surface area contributed by atoms with E-state index in [2.05, 4.69) is 26.1 Å². The van der Waals surface area contributed by atoms with Gasteiger partial charge < -0.3 is 15.2 Å². The number of hydrogen-bond donors (Lipinski definition) is 2. The lowest BCUT2D eigenvalue weighted by Crippen LogP contribution is -2.31. The fraction of sp³-hybridized carbons (Fsp3) is 0.917. The summed E-state index contributed by atoms with van der Waals surface area (Å²) < 4.78 is 4.75. The second-order valence-corrected chi connectivity index (χ2v) is 5.18. The van der Waals surface area contributed by atoms with Crippen LogP contribution < -0.4 is 5.32 Å². The summed E-state index contributed by atoms with van der Waals surface area (Å²) in [5, 5.41) is 12.6. The molecule has 1 unspecified atom stereocenters. The standard InChI is InChI=1S/C12H25NO3/c1-5-16-11(15)8-10(14)9-13-7-6-12(2,3)4/h10,13-14H,5-9H2,1-4H3. The molecular weight excluding hydrogens is 206 g/mol. The number of rotatable bonds is 7. The van der Waals surface area contributed by atoms with E-state index in [9.17, 15) is 9.90 Å². The van der Waals surface area contributed by atoms with Crippen LogP contribution in [0, 0.1) is 5.41 Å². The molecule has 0 spiro atoms. The molecule has 0 saturated carbocycles. The first-order chi connectivity index (χ1) is 7.35. The van der Waals surface area contributed by atoms with Crippen molar-refractivity contribution in [1.82, 2.24) is 5.32 Å². The highest BCUT2D eigenvalue weighted by atomic mass is 16.5. The van der Waals surface area contributed by atoms with Crippen LogP contribution in [-0.4, -0.2) is 36.9 Å². The Bertz CT molecular complexity index is 199. The monoisotopic (exact) mass is 231 g/mol. The molecule has 0 fully saturated rings. The zero-order valence-corrected chi connectivity index (χ0v) is 10.9. The predicted octanol–water partition coefficient (Wildman–Crippen LogP) is 1.33. The van der Waals surface area contributed by atoms with Crippen molar-refractivity contribution in [2.75, 3.05) is 19.7 Å². The quantitative estimate of drug-likeness (QED) is 0.512. The minimum atomic E-state index is -0.654. The normalized spacial score (nSPS) is 13.6. The molecule has 4 heteroatoms. The Morgan fingerprint density at radius 3 is 2.56 bits per heavy atom. The molecule has 96 valence electrons. The second kappa shape index (κ2) is 7.63. The van der Waals surface area contributed by atoms with Crippen molar-refractivity contribution in [1.29, 1.82) is 0 Å². The molecule has 0 saturated heterocycles. The summed E-state index contributed by atoms with van der Waals surface area (Å²) in [6.07, 6.45) is 0.453. The molecule has 16 heavy (non-hydrogen) atoms. The average molecular weight is 231 g/mol. The number of carbonyl (C=O) groups excluding carboxylic acids is 1. The molecule has 4 nitrogen and oxygen atoms in total.